The normalized spacial score (nSPS) is 19.4. The zero-order valence-corrected chi connectivity index (χ0v) is 14.2. The van der Waals surface area contributed by atoms with E-state index in [1.807, 2.05) is 24.3 Å². The van der Waals surface area contributed by atoms with Crippen molar-refractivity contribution in [3.63, 3.8) is 0 Å². The third-order valence-corrected chi connectivity index (χ3v) is 5.18. The molecule has 2 aromatic rings. The molecule has 1 aromatic heterocycles. The van der Waals surface area contributed by atoms with Crippen molar-refractivity contribution in [1.29, 1.82) is 0 Å². The Bertz CT molecular complexity index is 743. The van der Waals surface area contributed by atoms with Gasteiger partial charge < -0.3 is 15.7 Å². The number of aromatic nitrogens is 1. The van der Waals surface area contributed by atoms with Crippen LogP contribution in [0.2, 0.25) is 0 Å². The van der Waals surface area contributed by atoms with Crippen molar-refractivity contribution in [3.8, 4) is 0 Å². The summed E-state index contributed by atoms with van der Waals surface area (Å²) < 4.78 is 0. The molecule has 0 aliphatic heterocycles. The van der Waals surface area contributed by atoms with Gasteiger partial charge in [0, 0.05) is 6.54 Å². The standard InChI is InChI=1S/C18H21N3O2S/c1-2-10-19-17-20-11-15(24-17)16(22)21-12-18(23)9-5-7-13-6-3-4-8-14(13)18/h2-4,6,8,11,23H,1,5,7,9-10,12H2,(H,19,20)(H,21,22). The molecule has 3 rings (SSSR count). The molecule has 1 atom stereocenters. The van der Waals surface area contributed by atoms with Crippen LogP contribution in [0.4, 0.5) is 5.13 Å². The van der Waals surface area contributed by atoms with Crippen LogP contribution in [0, 0.1) is 0 Å². The maximum Gasteiger partial charge on any atom is 0.263 e. The van der Waals surface area contributed by atoms with E-state index in [0.29, 0.717) is 23.0 Å². The van der Waals surface area contributed by atoms with Crippen molar-refractivity contribution < 1.29 is 9.90 Å². The summed E-state index contributed by atoms with van der Waals surface area (Å²) in [6.07, 6.45) is 5.82. The molecule has 1 heterocycles. The van der Waals surface area contributed by atoms with Gasteiger partial charge in [0.15, 0.2) is 5.13 Å². The number of nitrogens with zero attached hydrogens (tertiary/aromatic N) is 1. The summed E-state index contributed by atoms with van der Waals surface area (Å²) in [6.45, 7) is 4.44. The maximum absolute atomic E-state index is 12.3. The predicted octanol–water partition coefficient (Wildman–Crippen LogP) is 2.69. The largest absolute Gasteiger partial charge is 0.383 e. The van der Waals surface area contributed by atoms with Gasteiger partial charge in [-0.15, -0.1) is 6.58 Å². The van der Waals surface area contributed by atoms with E-state index < -0.39 is 5.60 Å². The van der Waals surface area contributed by atoms with Gasteiger partial charge in [-0.05, 0) is 30.4 Å². The molecular weight excluding hydrogens is 322 g/mol. The molecule has 6 heteroatoms. The van der Waals surface area contributed by atoms with Crippen LogP contribution in [0.3, 0.4) is 0 Å². The lowest BCUT2D eigenvalue weighted by molar-refractivity contribution is 0.0190. The molecule has 1 aliphatic carbocycles. The fourth-order valence-electron chi connectivity index (χ4n) is 3.02. The summed E-state index contributed by atoms with van der Waals surface area (Å²) in [5.74, 6) is -0.212. The number of hydrogen-bond donors (Lipinski definition) is 3. The van der Waals surface area contributed by atoms with Crippen molar-refractivity contribution in [2.24, 2.45) is 0 Å². The van der Waals surface area contributed by atoms with E-state index in [1.54, 1.807) is 12.3 Å². The second-order valence-corrected chi connectivity index (χ2v) is 6.95. The number of amides is 1. The van der Waals surface area contributed by atoms with Gasteiger partial charge in [-0.2, -0.15) is 0 Å². The number of anilines is 1. The van der Waals surface area contributed by atoms with Crippen molar-refractivity contribution in [3.05, 3.63) is 59.1 Å². The lowest BCUT2D eigenvalue weighted by Gasteiger charge is -2.34. The number of carbonyl (C=O) groups is 1. The second kappa shape index (κ2) is 7.15. The topological polar surface area (TPSA) is 74.2 Å². The molecule has 5 nitrogen and oxygen atoms in total. The Balaban J connectivity index is 1.66. The summed E-state index contributed by atoms with van der Waals surface area (Å²) in [7, 11) is 0. The molecule has 0 spiro atoms. The molecule has 0 saturated carbocycles. The Morgan fingerprint density at radius 1 is 1.46 bits per heavy atom. The van der Waals surface area contributed by atoms with Gasteiger partial charge in [0.25, 0.3) is 5.91 Å². The van der Waals surface area contributed by atoms with E-state index in [-0.39, 0.29) is 12.5 Å². The molecule has 1 aliphatic rings. The molecule has 1 amide bonds. The number of carbonyl (C=O) groups excluding carboxylic acids is 1. The SMILES string of the molecule is C=CCNc1ncc(C(=O)NCC2(O)CCCc3ccccc32)s1. The van der Waals surface area contributed by atoms with Crippen LogP contribution in [-0.4, -0.2) is 29.1 Å². The van der Waals surface area contributed by atoms with Crippen LogP contribution < -0.4 is 10.6 Å². The molecule has 0 radical (unpaired) electrons. The highest BCUT2D eigenvalue weighted by molar-refractivity contribution is 7.17. The zero-order valence-electron chi connectivity index (χ0n) is 13.4. The van der Waals surface area contributed by atoms with Gasteiger partial charge in [0.2, 0.25) is 0 Å². The van der Waals surface area contributed by atoms with Crippen molar-refractivity contribution in [2.75, 3.05) is 18.4 Å². The first-order valence-corrected chi connectivity index (χ1v) is 8.83. The summed E-state index contributed by atoms with van der Waals surface area (Å²) in [5.41, 5.74) is 1.09. The molecule has 126 valence electrons. The summed E-state index contributed by atoms with van der Waals surface area (Å²) in [6, 6.07) is 7.91. The number of aliphatic hydroxyl groups is 1. The molecule has 1 aromatic carbocycles. The number of hydrogen-bond acceptors (Lipinski definition) is 5. The van der Waals surface area contributed by atoms with Crippen LogP contribution in [0.5, 0.6) is 0 Å². The molecule has 3 N–H and O–H groups in total. The summed E-state index contributed by atoms with van der Waals surface area (Å²) in [5, 5.41) is 17.6. The van der Waals surface area contributed by atoms with Crippen LogP contribution in [0.1, 0.15) is 33.6 Å². The summed E-state index contributed by atoms with van der Waals surface area (Å²) >= 11 is 1.29. The number of benzene rings is 1. The van der Waals surface area contributed by atoms with Crippen molar-refractivity contribution in [2.45, 2.75) is 24.9 Å². The molecule has 0 bridgehead atoms. The van der Waals surface area contributed by atoms with Crippen molar-refractivity contribution in [1.82, 2.24) is 10.3 Å². The van der Waals surface area contributed by atoms with Crippen LogP contribution in [0.15, 0.2) is 43.1 Å². The number of aryl methyl sites for hydroxylation is 1. The molecule has 0 saturated heterocycles. The van der Waals surface area contributed by atoms with Crippen LogP contribution in [-0.2, 0) is 12.0 Å². The highest BCUT2D eigenvalue weighted by atomic mass is 32.1. The minimum Gasteiger partial charge on any atom is -0.383 e. The maximum atomic E-state index is 12.3. The highest BCUT2D eigenvalue weighted by Gasteiger charge is 2.34. The van der Waals surface area contributed by atoms with E-state index in [1.165, 1.54) is 11.3 Å². The number of rotatable bonds is 6. The quantitative estimate of drug-likeness (QED) is 0.705. The van der Waals surface area contributed by atoms with E-state index in [9.17, 15) is 9.90 Å². The number of nitrogens with one attached hydrogen (secondary N) is 2. The first kappa shape index (κ1) is 16.7. The average molecular weight is 343 g/mol. The Labute approximate surface area is 145 Å². The number of thiazole rings is 1. The monoisotopic (exact) mass is 343 g/mol. The molecular formula is C18H21N3O2S. The highest BCUT2D eigenvalue weighted by Crippen LogP contribution is 2.34. The summed E-state index contributed by atoms with van der Waals surface area (Å²) in [4.78, 5) is 17.0. The lowest BCUT2D eigenvalue weighted by Crippen LogP contribution is -2.42. The van der Waals surface area contributed by atoms with Crippen molar-refractivity contribution >= 4 is 22.4 Å². The molecule has 0 fully saturated rings. The van der Waals surface area contributed by atoms with Crippen LogP contribution >= 0.6 is 11.3 Å². The van der Waals surface area contributed by atoms with E-state index in [2.05, 4.69) is 22.2 Å². The van der Waals surface area contributed by atoms with Gasteiger partial charge in [-0.25, -0.2) is 4.98 Å². The smallest absolute Gasteiger partial charge is 0.263 e. The van der Waals surface area contributed by atoms with Crippen LogP contribution in [0.25, 0.3) is 0 Å². The van der Waals surface area contributed by atoms with Gasteiger partial charge in [-0.3, -0.25) is 4.79 Å². The van der Waals surface area contributed by atoms with E-state index in [0.717, 1.165) is 24.0 Å². The minimum atomic E-state index is -1.00. The Morgan fingerprint density at radius 2 is 2.29 bits per heavy atom. The molecule has 1 unspecified atom stereocenters. The minimum absolute atomic E-state index is 0.205. The van der Waals surface area contributed by atoms with E-state index in [4.69, 9.17) is 0 Å². The van der Waals surface area contributed by atoms with Gasteiger partial charge in [-0.1, -0.05) is 41.7 Å². The van der Waals surface area contributed by atoms with Gasteiger partial charge in [0.1, 0.15) is 10.5 Å². The lowest BCUT2D eigenvalue weighted by atomic mass is 9.79. The average Bonchev–Trinajstić information content (AvgIpc) is 3.07. The Kier molecular flexibility index (Phi) is 4.97. The van der Waals surface area contributed by atoms with Gasteiger partial charge in [0.05, 0.1) is 12.7 Å². The first-order chi connectivity index (χ1) is 11.6. The first-order valence-electron chi connectivity index (χ1n) is 8.02. The Hall–Kier alpha value is -2.18. The zero-order chi connectivity index (χ0) is 17.0. The Morgan fingerprint density at radius 3 is 3.12 bits per heavy atom. The molecule has 24 heavy (non-hydrogen) atoms. The third-order valence-electron chi connectivity index (χ3n) is 4.22. The third kappa shape index (κ3) is 3.49. The van der Waals surface area contributed by atoms with Gasteiger partial charge >= 0.3 is 0 Å². The fraction of sp³-hybridized carbons (Fsp3) is 0.333. The fourth-order valence-corrected chi connectivity index (χ4v) is 3.76. The second-order valence-electron chi connectivity index (χ2n) is 5.92. The number of fused-ring (bicyclic) bond motifs is 1. The van der Waals surface area contributed by atoms with E-state index >= 15 is 0 Å². The predicted molar refractivity (Wildman–Crippen MR) is 96.4 cm³/mol.